The summed E-state index contributed by atoms with van der Waals surface area (Å²) in [6.07, 6.45) is 2.54. The highest BCUT2D eigenvalue weighted by Crippen LogP contribution is 2.48. The first-order valence-corrected chi connectivity index (χ1v) is 15.7. The average molecular weight is 615 g/mol. The molecule has 1 aliphatic rings. The molecule has 1 saturated carbocycles. The van der Waals surface area contributed by atoms with Gasteiger partial charge >= 0.3 is 0 Å². The maximum atomic E-state index is 14.2. The molecule has 0 bridgehead atoms. The van der Waals surface area contributed by atoms with Crippen molar-refractivity contribution in [2.75, 3.05) is 24.4 Å². The summed E-state index contributed by atoms with van der Waals surface area (Å²) in [6, 6.07) is 16.5. The minimum atomic E-state index is -1.73. The Labute approximate surface area is 266 Å². The minimum Gasteiger partial charge on any atom is -0.493 e. The predicted molar refractivity (Wildman–Crippen MR) is 177 cm³/mol. The molecule has 4 rings (SSSR count). The first kappa shape index (κ1) is 33.7. The Kier molecular flexibility index (Phi) is 10.7. The van der Waals surface area contributed by atoms with E-state index in [0.29, 0.717) is 35.0 Å². The van der Waals surface area contributed by atoms with Crippen molar-refractivity contribution in [2.45, 2.75) is 78.7 Å². The number of hydrogen-bond donors (Lipinski definition) is 3. The van der Waals surface area contributed by atoms with Gasteiger partial charge in [0, 0.05) is 23.7 Å². The lowest BCUT2D eigenvalue weighted by atomic mass is 9.61. The third-order valence-electron chi connectivity index (χ3n) is 8.69. The summed E-state index contributed by atoms with van der Waals surface area (Å²) in [5.41, 5.74) is 3.78. The number of anilines is 2. The van der Waals surface area contributed by atoms with Crippen molar-refractivity contribution >= 4 is 29.0 Å². The molecule has 0 aliphatic heterocycles. The Balaban J connectivity index is 1.82. The van der Waals surface area contributed by atoms with Gasteiger partial charge in [-0.15, -0.1) is 0 Å². The summed E-state index contributed by atoms with van der Waals surface area (Å²) in [5.74, 6) is -3.89. The Morgan fingerprint density at radius 3 is 2.02 bits per heavy atom. The largest absolute Gasteiger partial charge is 0.493 e. The van der Waals surface area contributed by atoms with Crippen LogP contribution in [-0.4, -0.2) is 42.0 Å². The van der Waals surface area contributed by atoms with E-state index in [1.165, 1.54) is 6.92 Å². The molecule has 2 amide bonds. The van der Waals surface area contributed by atoms with Gasteiger partial charge in [-0.05, 0) is 82.0 Å². The number of ketones is 1. The van der Waals surface area contributed by atoms with Gasteiger partial charge in [-0.2, -0.15) is 0 Å². The fourth-order valence-electron chi connectivity index (χ4n) is 6.37. The normalized spacial score (nSPS) is 21.2. The monoisotopic (exact) mass is 614 g/mol. The molecule has 4 unspecified atom stereocenters. The number of amides is 2. The molecule has 0 aromatic heterocycles. The van der Waals surface area contributed by atoms with Crippen molar-refractivity contribution in [3.05, 3.63) is 82.4 Å². The second-order valence-electron chi connectivity index (χ2n) is 12.6. The summed E-state index contributed by atoms with van der Waals surface area (Å²) in [5, 5.41) is 17.7. The lowest BCUT2D eigenvalue weighted by molar-refractivity contribution is -0.150. The van der Waals surface area contributed by atoms with Crippen molar-refractivity contribution in [3.63, 3.8) is 0 Å². The predicted octanol–water partition coefficient (Wildman–Crippen LogP) is 6.82. The topological polar surface area (TPSA) is 114 Å². The molecule has 0 saturated heterocycles. The van der Waals surface area contributed by atoms with Crippen molar-refractivity contribution < 1.29 is 29.0 Å². The molecule has 8 heteroatoms. The van der Waals surface area contributed by atoms with Gasteiger partial charge in [0.2, 0.25) is 11.8 Å². The Morgan fingerprint density at radius 1 is 0.867 bits per heavy atom. The van der Waals surface area contributed by atoms with Crippen LogP contribution in [-0.2, 0) is 14.4 Å². The van der Waals surface area contributed by atoms with Crippen molar-refractivity contribution in [1.29, 1.82) is 0 Å². The van der Waals surface area contributed by atoms with E-state index < -0.39 is 41.0 Å². The first-order chi connectivity index (χ1) is 21.4. The molecule has 0 heterocycles. The molecular weight excluding hydrogens is 568 g/mol. The number of aryl methyl sites for hydroxylation is 4. The highest BCUT2D eigenvalue weighted by Gasteiger charge is 2.56. The third kappa shape index (κ3) is 7.74. The van der Waals surface area contributed by atoms with Gasteiger partial charge in [0.25, 0.3) is 0 Å². The molecule has 0 spiro atoms. The molecule has 8 nitrogen and oxygen atoms in total. The Hall–Kier alpha value is -4.17. The van der Waals surface area contributed by atoms with Gasteiger partial charge in [0.15, 0.2) is 11.5 Å². The van der Waals surface area contributed by atoms with Gasteiger partial charge in [-0.1, -0.05) is 61.2 Å². The number of nitrogens with one attached hydrogen (secondary N) is 2. The van der Waals surface area contributed by atoms with Crippen LogP contribution >= 0.6 is 0 Å². The van der Waals surface area contributed by atoms with Crippen molar-refractivity contribution in [3.8, 4) is 11.5 Å². The van der Waals surface area contributed by atoms with Crippen LogP contribution in [0.4, 0.5) is 11.4 Å². The minimum absolute atomic E-state index is 0.351. The summed E-state index contributed by atoms with van der Waals surface area (Å²) in [4.78, 5) is 42.1. The summed E-state index contributed by atoms with van der Waals surface area (Å²) >= 11 is 0. The molecule has 240 valence electrons. The van der Waals surface area contributed by atoms with Crippen LogP contribution in [0.2, 0.25) is 0 Å². The van der Waals surface area contributed by atoms with Gasteiger partial charge < -0.3 is 25.2 Å². The lowest BCUT2D eigenvalue weighted by Crippen LogP contribution is -2.56. The molecule has 45 heavy (non-hydrogen) atoms. The number of ether oxygens (including phenoxy) is 2. The van der Waals surface area contributed by atoms with E-state index in [2.05, 4.69) is 17.6 Å². The van der Waals surface area contributed by atoms with E-state index in [1.54, 1.807) is 31.4 Å². The quantitative estimate of drug-likeness (QED) is 0.161. The maximum absolute atomic E-state index is 14.2. The average Bonchev–Trinajstić information content (AvgIpc) is 2.97. The SMILES string of the molecule is CCCCCOc1cc(C2C(C(=O)Nc3ccc(C)cc3C)C(=O)CC(C)(O)C2C(=O)Nc2ccc(C)cc2C)ccc1OC. The number of benzene rings is 3. The van der Waals surface area contributed by atoms with Crippen LogP contribution in [0.3, 0.4) is 0 Å². The number of Topliss-reactive ketones (excluding diaryl/α,β-unsaturated/α-hetero) is 1. The van der Waals surface area contributed by atoms with Gasteiger partial charge in [0.05, 0.1) is 25.2 Å². The number of aliphatic hydroxyl groups is 1. The van der Waals surface area contributed by atoms with Crippen molar-refractivity contribution in [1.82, 2.24) is 0 Å². The second-order valence-corrected chi connectivity index (χ2v) is 12.6. The maximum Gasteiger partial charge on any atom is 0.235 e. The fraction of sp³-hybridized carbons (Fsp3) is 0.432. The summed E-state index contributed by atoms with van der Waals surface area (Å²) in [7, 11) is 1.54. The van der Waals surface area contributed by atoms with E-state index in [9.17, 15) is 19.5 Å². The summed E-state index contributed by atoms with van der Waals surface area (Å²) in [6.45, 7) is 11.8. The van der Waals surface area contributed by atoms with Gasteiger partial charge in [-0.3, -0.25) is 14.4 Å². The van der Waals surface area contributed by atoms with Gasteiger partial charge in [0.1, 0.15) is 11.7 Å². The second kappa shape index (κ2) is 14.3. The highest BCUT2D eigenvalue weighted by molar-refractivity contribution is 6.10. The van der Waals surface area contributed by atoms with Crippen LogP contribution in [0.25, 0.3) is 0 Å². The van der Waals surface area contributed by atoms with Crippen LogP contribution in [0, 0.1) is 39.5 Å². The van der Waals surface area contributed by atoms with Crippen LogP contribution < -0.4 is 20.1 Å². The molecule has 3 aromatic carbocycles. The Morgan fingerprint density at radius 2 is 1.47 bits per heavy atom. The number of methoxy groups -OCH3 is 1. The van der Waals surface area contributed by atoms with Crippen LogP contribution in [0.5, 0.6) is 11.5 Å². The number of carbonyl (C=O) groups is 3. The number of unbranched alkanes of at least 4 members (excludes halogenated alkanes) is 2. The standard InChI is InChI=1S/C37H46N2O6/c1-8-9-10-17-45-31-20-26(13-16-30(31)44-7)32-33(35(41)38-27-14-11-22(2)18-24(27)4)29(40)21-37(6,43)34(32)36(42)39-28-15-12-23(3)19-25(28)5/h11-16,18-20,32-34,43H,8-10,17,21H2,1-7H3,(H,38,41)(H,39,42). The van der Waals surface area contributed by atoms with Crippen molar-refractivity contribution in [2.24, 2.45) is 11.8 Å². The fourth-order valence-corrected chi connectivity index (χ4v) is 6.37. The van der Waals surface area contributed by atoms with E-state index in [1.807, 2.05) is 58.0 Å². The lowest BCUT2D eigenvalue weighted by Gasteiger charge is -2.44. The Bertz CT molecular complexity index is 1560. The number of hydrogen-bond acceptors (Lipinski definition) is 6. The zero-order valence-electron chi connectivity index (χ0n) is 27.5. The number of rotatable bonds is 11. The van der Waals surface area contributed by atoms with Crippen LogP contribution in [0.15, 0.2) is 54.6 Å². The van der Waals surface area contributed by atoms with E-state index >= 15 is 0 Å². The van der Waals surface area contributed by atoms with E-state index in [4.69, 9.17) is 9.47 Å². The van der Waals surface area contributed by atoms with Gasteiger partial charge in [-0.25, -0.2) is 0 Å². The van der Waals surface area contributed by atoms with E-state index in [-0.39, 0.29) is 6.42 Å². The third-order valence-corrected chi connectivity index (χ3v) is 8.69. The summed E-state index contributed by atoms with van der Waals surface area (Å²) < 4.78 is 11.7. The highest BCUT2D eigenvalue weighted by atomic mass is 16.5. The zero-order valence-corrected chi connectivity index (χ0v) is 27.5. The number of carbonyl (C=O) groups excluding carboxylic acids is 3. The first-order valence-electron chi connectivity index (χ1n) is 15.7. The zero-order chi connectivity index (χ0) is 32.9. The molecule has 1 fully saturated rings. The molecule has 3 N–H and O–H groups in total. The molecule has 3 aromatic rings. The van der Waals surface area contributed by atoms with Crippen LogP contribution in [0.1, 0.15) is 73.3 Å². The van der Waals surface area contributed by atoms with E-state index in [0.717, 1.165) is 41.5 Å². The molecule has 0 radical (unpaired) electrons. The molecule has 1 aliphatic carbocycles. The molecule has 4 atom stereocenters. The smallest absolute Gasteiger partial charge is 0.235 e. The molecular formula is C37H46N2O6.